The third-order valence-corrected chi connectivity index (χ3v) is 3.26. The second-order valence-electron chi connectivity index (χ2n) is 4.73. The molecule has 19 heavy (non-hydrogen) atoms. The lowest BCUT2D eigenvalue weighted by Crippen LogP contribution is -2.18. The number of rotatable bonds is 3. The minimum absolute atomic E-state index is 0.0454. The Morgan fingerprint density at radius 1 is 1.26 bits per heavy atom. The van der Waals surface area contributed by atoms with E-state index in [2.05, 4.69) is 10.5 Å². The first kappa shape index (κ1) is 11.7. The molecule has 2 aromatic carbocycles. The summed E-state index contributed by atoms with van der Waals surface area (Å²) in [7, 11) is 0. The lowest BCUT2D eigenvalue weighted by Gasteiger charge is -2.04. The van der Waals surface area contributed by atoms with Crippen molar-refractivity contribution in [2.24, 2.45) is 11.0 Å². The molecule has 0 spiro atoms. The quantitative estimate of drug-likeness (QED) is 0.652. The topological polar surface area (TPSA) is 61.7 Å². The Kier molecular flexibility index (Phi) is 2.91. The fraction of sp³-hybridized carbons (Fsp3) is 0.200. The van der Waals surface area contributed by atoms with Crippen molar-refractivity contribution < 1.29 is 9.90 Å². The van der Waals surface area contributed by atoms with E-state index in [1.54, 1.807) is 6.07 Å². The summed E-state index contributed by atoms with van der Waals surface area (Å²) >= 11 is 0. The number of benzene rings is 2. The van der Waals surface area contributed by atoms with Crippen molar-refractivity contribution in [2.75, 3.05) is 0 Å². The molecule has 0 heterocycles. The van der Waals surface area contributed by atoms with E-state index in [-0.39, 0.29) is 17.6 Å². The van der Waals surface area contributed by atoms with E-state index in [0.717, 1.165) is 23.6 Å². The highest BCUT2D eigenvalue weighted by atomic mass is 16.3. The number of nitrogens with zero attached hydrogens (tertiary/aromatic N) is 1. The molecule has 0 saturated heterocycles. The molecular formula is C15H14N2O2. The summed E-state index contributed by atoms with van der Waals surface area (Å²) in [5, 5.41) is 15.8. The Bertz CT molecular complexity index is 660. The van der Waals surface area contributed by atoms with E-state index >= 15 is 0 Å². The zero-order valence-electron chi connectivity index (χ0n) is 10.3. The van der Waals surface area contributed by atoms with Gasteiger partial charge in [-0.2, -0.15) is 5.10 Å². The van der Waals surface area contributed by atoms with Crippen LogP contribution in [0.4, 0.5) is 0 Å². The highest BCUT2D eigenvalue weighted by molar-refractivity contribution is 6.02. The predicted octanol–water partition coefficient (Wildman–Crippen LogP) is 2.41. The van der Waals surface area contributed by atoms with Crippen molar-refractivity contribution in [1.82, 2.24) is 5.43 Å². The summed E-state index contributed by atoms with van der Waals surface area (Å²) in [5.41, 5.74) is 3.12. The van der Waals surface area contributed by atoms with E-state index in [0.29, 0.717) is 5.56 Å². The van der Waals surface area contributed by atoms with Crippen LogP contribution < -0.4 is 5.43 Å². The van der Waals surface area contributed by atoms with E-state index in [1.165, 1.54) is 6.21 Å². The summed E-state index contributed by atoms with van der Waals surface area (Å²) in [5.74, 6) is 0.234. The molecule has 4 nitrogen and oxygen atoms in total. The molecule has 0 aromatic heterocycles. The Balaban J connectivity index is 1.88. The van der Waals surface area contributed by atoms with Crippen LogP contribution in [0.15, 0.2) is 41.5 Å². The number of hydrogen-bond donors (Lipinski definition) is 2. The average Bonchev–Trinajstić information content (AvgIpc) is 3.25. The first-order valence-corrected chi connectivity index (χ1v) is 6.29. The Hall–Kier alpha value is -2.36. The van der Waals surface area contributed by atoms with Gasteiger partial charge >= 0.3 is 0 Å². The summed E-state index contributed by atoms with van der Waals surface area (Å²) in [4.78, 5) is 11.5. The lowest BCUT2D eigenvalue weighted by molar-refractivity contribution is -0.122. The molecule has 1 fully saturated rings. The van der Waals surface area contributed by atoms with Crippen LogP contribution in [0.1, 0.15) is 18.4 Å². The molecule has 1 aliphatic rings. The number of fused-ring (bicyclic) bond motifs is 1. The van der Waals surface area contributed by atoms with Gasteiger partial charge in [-0.15, -0.1) is 0 Å². The van der Waals surface area contributed by atoms with Crippen LogP contribution in [0, 0.1) is 5.92 Å². The number of hydrogen-bond acceptors (Lipinski definition) is 3. The molecule has 2 N–H and O–H groups in total. The molecule has 1 amide bonds. The highest BCUT2D eigenvalue weighted by Gasteiger charge is 2.29. The molecule has 2 aromatic rings. The van der Waals surface area contributed by atoms with Gasteiger partial charge in [0.25, 0.3) is 0 Å². The molecule has 96 valence electrons. The molecule has 0 bridgehead atoms. The van der Waals surface area contributed by atoms with E-state index in [4.69, 9.17) is 0 Å². The first-order chi connectivity index (χ1) is 9.25. The molecule has 3 rings (SSSR count). The van der Waals surface area contributed by atoms with Gasteiger partial charge in [-0.3, -0.25) is 4.79 Å². The van der Waals surface area contributed by atoms with Crippen molar-refractivity contribution in [1.29, 1.82) is 0 Å². The summed E-state index contributed by atoms with van der Waals surface area (Å²) in [6.45, 7) is 0. The van der Waals surface area contributed by atoms with Gasteiger partial charge in [-0.1, -0.05) is 30.3 Å². The minimum atomic E-state index is -0.0454. The zero-order chi connectivity index (χ0) is 13.2. The van der Waals surface area contributed by atoms with Crippen LogP contribution in [0.2, 0.25) is 0 Å². The van der Waals surface area contributed by atoms with Crippen LogP contribution >= 0.6 is 0 Å². The summed E-state index contributed by atoms with van der Waals surface area (Å²) < 4.78 is 0. The Labute approximate surface area is 110 Å². The predicted molar refractivity (Wildman–Crippen MR) is 74.1 cm³/mol. The second-order valence-corrected chi connectivity index (χ2v) is 4.73. The van der Waals surface area contributed by atoms with Gasteiger partial charge in [0.1, 0.15) is 5.75 Å². The molecule has 0 radical (unpaired) electrons. The summed E-state index contributed by atoms with van der Waals surface area (Å²) in [6, 6.07) is 11.2. The smallest absolute Gasteiger partial charge is 0.243 e. The van der Waals surface area contributed by atoms with Gasteiger partial charge < -0.3 is 5.11 Å². The standard InChI is InChI=1S/C15H14N2O2/c18-14-8-7-10-3-1-2-4-12(10)13(14)9-16-17-15(19)11-5-6-11/h1-4,7-9,11,18H,5-6H2,(H,17,19). The van der Waals surface area contributed by atoms with Gasteiger partial charge in [-0.05, 0) is 29.7 Å². The maximum Gasteiger partial charge on any atom is 0.243 e. The zero-order valence-corrected chi connectivity index (χ0v) is 10.3. The van der Waals surface area contributed by atoms with Crippen LogP contribution in [0.5, 0.6) is 5.75 Å². The highest BCUT2D eigenvalue weighted by Crippen LogP contribution is 2.29. The van der Waals surface area contributed by atoms with Gasteiger partial charge in [-0.25, -0.2) is 5.43 Å². The van der Waals surface area contributed by atoms with Crippen molar-refractivity contribution in [3.63, 3.8) is 0 Å². The number of amides is 1. The molecule has 0 aliphatic heterocycles. The van der Waals surface area contributed by atoms with E-state index < -0.39 is 0 Å². The maximum absolute atomic E-state index is 11.5. The summed E-state index contributed by atoms with van der Waals surface area (Å²) in [6.07, 6.45) is 3.39. The van der Waals surface area contributed by atoms with E-state index in [9.17, 15) is 9.90 Å². The molecular weight excluding hydrogens is 240 g/mol. The average molecular weight is 254 g/mol. The molecule has 0 atom stereocenters. The van der Waals surface area contributed by atoms with Crippen LogP contribution in [0.25, 0.3) is 10.8 Å². The normalized spacial score (nSPS) is 14.9. The third kappa shape index (κ3) is 2.42. The minimum Gasteiger partial charge on any atom is -0.507 e. The van der Waals surface area contributed by atoms with Crippen molar-refractivity contribution in [3.05, 3.63) is 42.0 Å². The van der Waals surface area contributed by atoms with Gasteiger partial charge in [0.2, 0.25) is 5.91 Å². The van der Waals surface area contributed by atoms with Gasteiger partial charge in [0.15, 0.2) is 0 Å². The van der Waals surface area contributed by atoms with Gasteiger partial charge in [0, 0.05) is 11.5 Å². The molecule has 4 heteroatoms. The molecule has 1 aliphatic carbocycles. The van der Waals surface area contributed by atoms with Gasteiger partial charge in [0.05, 0.1) is 6.21 Å². The van der Waals surface area contributed by atoms with Crippen LogP contribution in [-0.2, 0) is 4.79 Å². The van der Waals surface area contributed by atoms with Crippen LogP contribution in [-0.4, -0.2) is 17.2 Å². The monoisotopic (exact) mass is 254 g/mol. The second kappa shape index (κ2) is 4.72. The molecule has 0 unspecified atom stereocenters. The maximum atomic E-state index is 11.5. The number of hydrazone groups is 1. The third-order valence-electron chi connectivity index (χ3n) is 3.26. The number of carbonyl (C=O) groups excluding carboxylic acids is 1. The number of aromatic hydroxyl groups is 1. The fourth-order valence-corrected chi connectivity index (χ4v) is 2.02. The fourth-order valence-electron chi connectivity index (χ4n) is 2.02. The first-order valence-electron chi connectivity index (χ1n) is 6.29. The SMILES string of the molecule is O=C(NN=Cc1c(O)ccc2ccccc12)C1CC1. The van der Waals surface area contributed by atoms with Crippen molar-refractivity contribution >= 4 is 22.9 Å². The Morgan fingerprint density at radius 3 is 2.84 bits per heavy atom. The largest absolute Gasteiger partial charge is 0.507 e. The molecule has 1 saturated carbocycles. The van der Waals surface area contributed by atoms with Crippen molar-refractivity contribution in [3.8, 4) is 5.75 Å². The number of phenols is 1. The number of phenolic OH excluding ortho intramolecular Hbond substituents is 1. The van der Waals surface area contributed by atoms with E-state index in [1.807, 2.05) is 30.3 Å². The lowest BCUT2D eigenvalue weighted by atomic mass is 10.0. The number of carbonyl (C=O) groups is 1. The number of nitrogens with one attached hydrogen (secondary N) is 1. The van der Waals surface area contributed by atoms with Crippen LogP contribution in [0.3, 0.4) is 0 Å². The van der Waals surface area contributed by atoms with Crippen molar-refractivity contribution in [2.45, 2.75) is 12.8 Å². The Morgan fingerprint density at radius 2 is 2.05 bits per heavy atom.